The van der Waals surface area contributed by atoms with E-state index in [0.717, 1.165) is 25.2 Å². The lowest BCUT2D eigenvalue weighted by molar-refractivity contribution is -0.0262. The van der Waals surface area contributed by atoms with Crippen LogP contribution in [0.2, 0.25) is 0 Å². The summed E-state index contributed by atoms with van der Waals surface area (Å²) in [7, 11) is 3.58. The SMILES string of the molecule is CN(C[C@@H]1CN(Cc2cc(C#N)cs2)CCO1)c1nccn(C)c1=O. The fourth-order valence-corrected chi connectivity index (χ4v) is 3.77. The zero-order valence-electron chi connectivity index (χ0n) is 14.4. The fraction of sp³-hybridized carbons (Fsp3) is 0.471. The van der Waals surface area contributed by atoms with Crippen LogP contribution in [-0.4, -0.2) is 53.8 Å². The van der Waals surface area contributed by atoms with Crippen molar-refractivity contribution in [3.63, 3.8) is 0 Å². The van der Waals surface area contributed by atoms with Gasteiger partial charge in [-0.25, -0.2) is 4.98 Å². The van der Waals surface area contributed by atoms with Crippen molar-refractivity contribution < 1.29 is 4.74 Å². The third kappa shape index (κ3) is 4.25. The molecule has 0 radical (unpaired) electrons. The van der Waals surface area contributed by atoms with Crippen molar-refractivity contribution >= 4 is 17.2 Å². The van der Waals surface area contributed by atoms with E-state index in [1.54, 1.807) is 30.8 Å². The molecule has 0 N–H and O–H groups in total. The molecule has 1 aliphatic rings. The second kappa shape index (κ2) is 7.78. The van der Waals surface area contributed by atoms with Gasteiger partial charge >= 0.3 is 0 Å². The molecule has 0 aliphatic carbocycles. The van der Waals surface area contributed by atoms with Crippen LogP contribution in [0.5, 0.6) is 0 Å². The minimum atomic E-state index is -0.111. The van der Waals surface area contributed by atoms with Gasteiger partial charge in [0.2, 0.25) is 0 Å². The minimum Gasteiger partial charge on any atom is -0.374 e. The Labute approximate surface area is 150 Å². The summed E-state index contributed by atoms with van der Waals surface area (Å²) >= 11 is 1.61. The van der Waals surface area contributed by atoms with Crippen molar-refractivity contribution in [3.05, 3.63) is 44.6 Å². The summed E-state index contributed by atoms with van der Waals surface area (Å²) in [6.45, 7) is 3.75. The van der Waals surface area contributed by atoms with Gasteiger partial charge in [0.25, 0.3) is 5.56 Å². The van der Waals surface area contributed by atoms with Crippen LogP contribution in [-0.2, 0) is 18.3 Å². The van der Waals surface area contributed by atoms with Crippen molar-refractivity contribution in [2.75, 3.05) is 38.2 Å². The first-order valence-electron chi connectivity index (χ1n) is 8.11. The quantitative estimate of drug-likeness (QED) is 0.794. The van der Waals surface area contributed by atoms with Crippen molar-refractivity contribution in [2.24, 2.45) is 7.05 Å². The van der Waals surface area contributed by atoms with E-state index in [4.69, 9.17) is 10.00 Å². The maximum atomic E-state index is 12.2. The lowest BCUT2D eigenvalue weighted by atomic mass is 10.2. The molecule has 0 bridgehead atoms. The highest BCUT2D eigenvalue weighted by Gasteiger charge is 2.23. The zero-order valence-corrected chi connectivity index (χ0v) is 15.2. The maximum Gasteiger partial charge on any atom is 0.293 e. The number of nitrogens with zero attached hydrogens (tertiary/aromatic N) is 5. The van der Waals surface area contributed by atoms with Crippen molar-refractivity contribution in [1.82, 2.24) is 14.5 Å². The number of nitriles is 1. The molecule has 7 nitrogen and oxygen atoms in total. The average Bonchev–Trinajstić information content (AvgIpc) is 3.05. The summed E-state index contributed by atoms with van der Waals surface area (Å²) in [5, 5.41) is 10.8. The van der Waals surface area contributed by atoms with Gasteiger partial charge in [0.15, 0.2) is 5.82 Å². The molecule has 1 aliphatic heterocycles. The van der Waals surface area contributed by atoms with Crippen LogP contribution >= 0.6 is 11.3 Å². The largest absolute Gasteiger partial charge is 0.374 e. The smallest absolute Gasteiger partial charge is 0.293 e. The Morgan fingerprint density at radius 2 is 2.40 bits per heavy atom. The summed E-state index contributed by atoms with van der Waals surface area (Å²) in [6, 6.07) is 4.11. The number of ether oxygens (including phenoxy) is 1. The van der Waals surface area contributed by atoms with E-state index in [2.05, 4.69) is 16.0 Å². The zero-order chi connectivity index (χ0) is 17.8. The first kappa shape index (κ1) is 17.6. The van der Waals surface area contributed by atoms with Gasteiger partial charge in [-0.3, -0.25) is 9.69 Å². The van der Waals surface area contributed by atoms with E-state index in [0.29, 0.717) is 19.0 Å². The molecular weight excluding hydrogens is 338 g/mol. The number of hydrogen-bond acceptors (Lipinski definition) is 7. The number of aromatic nitrogens is 2. The van der Waals surface area contributed by atoms with E-state index >= 15 is 0 Å². The van der Waals surface area contributed by atoms with Crippen LogP contribution in [0.1, 0.15) is 10.4 Å². The molecule has 0 spiro atoms. The third-order valence-corrected chi connectivity index (χ3v) is 5.14. The molecule has 0 aromatic carbocycles. The number of thiophene rings is 1. The molecule has 0 unspecified atom stereocenters. The van der Waals surface area contributed by atoms with Crippen LogP contribution in [0, 0.1) is 11.3 Å². The molecule has 0 saturated carbocycles. The van der Waals surface area contributed by atoms with Crippen molar-refractivity contribution in [1.29, 1.82) is 5.26 Å². The normalized spacial score (nSPS) is 18.0. The van der Waals surface area contributed by atoms with Gasteiger partial charge in [-0.15, -0.1) is 11.3 Å². The first-order valence-corrected chi connectivity index (χ1v) is 8.99. The molecular formula is C17H21N5O2S. The van der Waals surface area contributed by atoms with Crippen molar-refractivity contribution in [2.45, 2.75) is 12.6 Å². The van der Waals surface area contributed by atoms with E-state index in [-0.39, 0.29) is 11.7 Å². The Morgan fingerprint density at radius 3 is 3.16 bits per heavy atom. The molecule has 1 fully saturated rings. The van der Waals surface area contributed by atoms with E-state index < -0.39 is 0 Å². The number of aryl methyl sites for hydroxylation is 1. The second-order valence-corrected chi connectivity index (χ2v) is 7.18. The van der Waals surface area contributed by atoms with Crippen LogP contribution < -0.4 is 10.5 Å². The number of likely N-dealkylation sites (N-methyl/N-ethyl adjacent to an activating group) is 1. The van der Waals surface area contributed by atoms with Gasteiger partial charge in [0.1, 0.15) is 6.07 Å². The number of anilines is 1. The molecule has 1 atom stereocenters. The Morgan fingerprint density at radius 1 is 1.56 bits per heavy atom. The average molecular weight is 359 g/mol. The number of morpholine rings is 1. The standard InChI is InChI=1S/C17H21N5O2S/c1-20-4-3-19-16(17(20)23)21(2)9-14-10-22(5-6-24-14)11-15-7-13(8-18)12-25-15/h3-4,7,12,14H,5-6,9-11H2,1-2H3/t14-/m1/s1. The van der Waals surface area contributed by atoms with E-state index in [1.165, 1.54) is 9.44 Å². The van der Waals surface area contributed by atoms with E-state index in [1.807, 2.05) is 23.4 Å². The Bertz CT molecular complexity index is 825. The van der Waals surface area contributed by atoms with Crippen LogP contribution in [0.15, 0.2) is 28.6 Å². The lowest BCUT2D eigenvalue weighted by Crippen LogP contribution is -2.47. The summed E-state index contributed by atoms with van der Waals surface area (Å²) in [5.41, 5.74) is 0.607. The number of hydrogen-bond donors (Lipinski definition) is 0. The second-order valence-electron chi connectivity index (χ2n) is 6.19. The molecule has 3 rings (SSSR count). The van der Waals surface area contributed by atoms with Gasteiger partial charge in [0, 0.05) is 62.9 Å². The van der Waals surface area contributed by atoms with Gasteiger partial charge in [-0.2, -0.15) is 5.26 Å². The fourth-order valence-electron chi connectivity index (χ4n) is 2.92. The molecule has 0 amide bonds. The Kier molecular flexibility index (Phi) is 5.48. The monoisotopic (exact) mass is 359 g/mol. The van der Waals surface area contributed by atoms with Gasteiger partial charge < -0.3 is 14.2 Å². The molecule has 8 heteroatoms. The Hall–Kier alpha value is -2.21. The van der Waals surface area contributed by atoms with Crippen LogP contribution in [0.25, 0.3) is 0 Å². The summed E-state index contributed by atoms with van der Waals surface area (Å²) in [6.07, 6.45) is 3.29. The lowest BCUT2D eigenvalue weighted by Gasteiger charge is -2.34. The van der Waals surface area contributed by atoms with E-state index in [9.17, 15) is 4.79 Å². The first-order chi connectivity index (χ1) is 12.1. The van der Waals surface area contributed by atoms with Crippen molar-refractivity contribution in [3.8, 4) is 6.07 Å². The predicted molar refractivity (Wildman–Crippen MR) is 96.8 cm³/mol. The van der Waals surface area contributed by atoms with Gasteiger partial charge in [0.05, 0.1) is 18.3 Å². The number of rotatable bonds is 5. The summed E-state index contributed by atoms with van der Waals surface area (Å²) < 4.78 is 7.39. The van der Waals surface area contributed by atoms with Gasteiger partial charge in [-0.05, 0) is 6.07 Å². The van der Waals surface area contributed by atoms with Gasteiger partial charge in [-0.1, -0.05) is 0 Å². The van der Waals surface area contributed by atoms with Crippen LogP contribution in [0.4, 0.5) is 5.82 Å². The van der Waals surface area contributed by atoms with Crippen LogP contribution in [0.3, 0.4) is 0 Å². The summed E-state index contributed by atoms with van der Waals surface area (Å²) in [4.78, 5) is 21.7. The highest BCUT2D eigenvalue weighted by Crippen LogP contribution is 2.18. The molecule has 2 aromatic rings. The third-order valence-electron chi connectivity index (χ3n) is 4.22. The Balaban J connectivity index is 1.60. The molecule has 3 heterocycles. The summed E-state index contributed by atoms with van der Waals surface area (Å²) in [5.74, 6) is 0.433. The molecule has 1 saturated heterocycles. The topological polar surface area (TPSA) is 74.4 Å². The minimum absolute atomic E-state index is 0.0147. The molecule has 25 heavy (non-hydrogen) atoms. The molecule has 2 aromatic heterocycles. The highest BCUT2D eigenvalue weighted by atomic mass is 32.1. The maximum absolute atomic E-state index is 12.2. The predicted octanol–water partition coefficient (Wildman–Crippen LogP) is 1.05. The highest BCUT2D eigenvalue weighted by molar-refractivity contribution is 7.10. The molecule has 132 valence electrons.